The number of methoxy groups -OCH3 is 1. The second-order valence-corrected chi connectivity index (χ2v) is 7.92. The molecule has 0 bridgehead atoms. The van der Waals surface area contributed by atoms with Gasteiger partial charge in [-0.05, 0) is 59.8 Å². The summed E-state index contributed by atoms with van der Waals surface area (Å²) in [5.41, 5.74) is -0.885. The molecular formula is C18H33N5O5. The predicted octanol–water partition coefficient (Wildman–Crippen LogP) is 2.48. The molecule has 0 saturated carbocycles. The molecule has 0 unspecified atom stereocenters. The molecule has 1 atom stereocenters. The number of amides is 3. The highest BCUT2D eigenvalue weighted by atomic mass is 16.6. The zero-order valence-electron chi connectivity index (χ0n) is 17.5. The van der Waals surface area contributed by atoms with Crippen molar-refractivity contribution in [2.75, 3.05) is 20.2 Å². The summed E-state index contributed by atoms with van der Waals surface area (Å²) in [7, 11) is 1.27. The quantitative estimate of drug-likeness (QED) is 0.363. The number of hydrogen-bond donors (Lipinski definition) is 3. The van der Waals surface area contributed by atoms with Crippen LogP contribution < -0.4 is 16.0 Å². The van der Waals surface area contributed by atoms with Gasteiger partial charge in [-0.3, -0.25) is 0 Å². The van der Waals surface area contributed by atoms with E-state index in [-0.39, 0.29) is 11.7 Å². The van der Waals surface area contributed by atoms with Crippen LogP contribution in [0.5, 0.6) is 0 Å². The number of ether oxygens (including phenoxy) is 2. The van der Waals surface area contributed by atoms with Gasteiger partial charge in [0.2, 0.25) is 0 Å². The van der Waals surface area contributed by atoms with Crippen molar-refractivity contribution >= 4 is 18.1 Å². The highest BCUT2D eigenvalue weighted by molar-refractivity contribution is 5.81. The molecule has 1 heterocycles. The summed E-state index contributed by atoms with van der Waals surface area (Å²) in [5, 5.41) is 15.9. The molecule has 0 aliphatic carbocycles. The third-order valence-electron chi connectivity index (χ3n) is 3.94. The number of carbonyl (C=O) groups is 3. The van der Waals surface area contributed by atoms with Crippen molar-refractivity contribution in [3.63, 3.8) is 0 Å². The second kappa shape index (κ2) is 10.8. The van der Waals surface area contributed by atoms with E-state index in [9.17, 15) is 14.4 Å². The molecular weight excluding hydrogens is 366 g/mol. The number of nitrogens with zero attached hydrogens (tertiary/aromatic N) is 2. The average molecular weight is 399 g/mol. The van der Waals surface area contributed by atoms with Crippen LogP contribution in [0.4, 0.5) is 9.59 Å². The highest BCUT2D eigenvalue weighted by Gasteiger charge is 2.32. The van der Waals surface area contributed by atoms with Crippen LogP contribution in [0.15, 0.2) is 10.2 Å². The van der Waals surface area contributed by atoms with E-state index in [1.807, 2.05) is 6.92 Å². The van der Waals surface area contributed by atoms with E-state index in [4.69, 9.17) is 9.47 Å². The highest BCUT2D eigenvalue weighted by Crippen LogP contribution is 2.31. The van der Waals surface area contributed by atoms with Gasteiger partial charge in [0, 0.05) is 13.1 Å². The minimum atomic E-state index is -0.784. The molecule has 0 aromatic rings. The Morgan fingerprint density at radius 2 is 1.64 bits per heavy atom. The van der Waals surface area contributed by atoms with Crippen LogP contribution in [0.2, 0.25) is 0 Å². The zero-order chi connectivity index (χ0) is 21.2. The summed E-state index contributed by atoms with van der Waals surface area (Å²) >= 11 is 0. The number of alkyl carbamates (subject to hydrolysis) is 1. The maximum Gasteiger partial charge on any atom is 0.408 e. The van der Waals surface area contributed by atoms with Gasteiger partial charge in [0.25, 0.3) is 0 Å². The first-order valence-electron chi connectivity index (χ1n) is 9.58. The fourth-order valence-corrected chi connectivity index (χ4v) is 2.39. The van der Waals surface area contributed by atoms with Crippen LogP contribution in [0.25, 0.3) is 0 Å². The first-order valence-corrected chi connectivity index (χ1v) is 9.58. The summed E-state index contributed by atoms with van der Waals surface area (Å²) in [6.07, 6.45) is 2.65. The molecule has 0 saturated heterocycles. The minimum Gasteiger partial charge on any atom is -0.467 e. The molecule has 0 radical (unpaired) electrons. The molecule has 3 amide bonds. The fourth-order valence-electron chi connectivity index (χ4n) is 2.39. The lowest BCUT2D eigenvalue weighted by Crippen LogP contribution is -2.44. The lowest BCUT2D eigenvalue weighted by Gasteiger charge is -2.22. The molecule has 0 fully saturated rings. The van der Waals surface area contributed by atoms with Gasteiger partial charge < -0.3 is 25.4 Å². The number of unbranched alkanes of at least 4 members (excludes halogenated alkanes) is 1. The van der Waals surface area contributed by atoms with E-state index < -0.39 is 23.7 Å². The number of carbonyl (C=O) groups excluding carboxylic acids is 3. The van der Waals surface area contributed by atoms with E-state index in [2.05, 4.69) is 26.2 Å². The fraction of sp³-hybridized carbons (Fsp3) is 0.833. The van der Waals surface area contributed by atoms with Crippen LogP contribution in [-0.2, 0) is 14.3 Å². The molecule has 28 heavy (non-hydrogen) atoms. The number of hydrogen-bond acceptors (Lipinski definition) is 7. The van der Waals surface area contributed by atoms with Crippen molar-refractivity contribution in [1.29, 1.82) is 0 Å². The van der Waals surface area contributed by atoms with Crippen molar-refractivity contribution in [3.8, 4) is 0 Å². The minimum absolute atomic E-state index is 0.230. The molecule has 1 aliphatic rings. The maximum absolute atomic E-state index is 11.8. The zero-order valence-corrected chi connectivity index (χ0v) is 17.5. The number of urea groups is 1. The van der Waals surface area contributed by atoms with Crippen LogP contribution in [0.3, 0.4) is 0 Å². The Kier molecular flexibility index (Phi) is 9.14. The lowest BCUT2D eigenvalue weighted by atomic mass is 10.1. The van der Waals surface area contributed by atoms with Gasteiger partial charge >= 0.3 is 18.1 Å². The molecule has 1 aliphatic heterocycles. The second-order valence-electron chi connectivity index (χ2n) is 7.92. The Labute approximate surface area is 166 Å². The molecule has 10 heteroatoms. The molecule has 0 aromatic carbocycles. The smallest absolute Gasteiger partial charge is 0.408 e. The largest absolute Gasteiger partial charge is 0.467 e. The normalized spacial score (nSPS) is 15.3. The van der Waals surface area contributed by atoms with E-state index in [1.54, 1.807) is 20.8 Å². The lowest BCUT2D eigenvalue weighted by molar-refractivity contribution is -0.143. The Bertz CT molecular complexity index is 567. The van der Waals surface area contributed by atoms with Crippen molar-refractivity contribution in [2.24, 2.45) is 10.2 Å². The molecule has 10 nitrogen and oxygen atoms in total. The van der Waals surface area contributed by atoms with Gasteiger partial charge in [0.15, 0.2) is 5.66 Å². The first kappa shape index (κ1) is 23.6. The van der Waals surface area contributed by atoms with Gasteiger partial charge in [-0.2, -0.15) is 10.2 Å². The van der Waals surface area contributed by atoms with Crippen molar-refractivity contribution in [1.82, 2.24) is 16.0 Å². The first-order chi connectivity index (χ1) is 13.0. The third-order valence-corrected chi connectivity index (χ3v) is 3.94. The van der Waals surface area contributed by atoms with Crippen molar-refractivity contribution in [2.45, 2.75) is 77.1 Å². The van der Waals surface area contributed by atoms with Crippen LogP contribution >= 0.6 is 0 Å². The summed E-state index contributed by atoms with van der Waals surface area (Å²) < 4.78 is 9.88. The topological polar surface area (TPSA) is 130 Å². The van der Waals surface area contributed by atoms with Gasteiger partial charge in [-0.1, -0.05) is 0 Å². The summed E-state index contributed by atoms with van der Waals surface area (Å²) in [6, 6.07) is -1.01. The standard InChI is InChI=1S/C18H33N5O5/c1-17(2,3)28-16(26)21-13(14(24)27-5)9-6-7-11-19-15(25)20-12-8-10-18(4)22-23-18/h13H,6-12H2,1-5H3,(H,21,26)(H2,19,20,25)/t13-/m0/s1. The number of rotatable bonds is 11. The number of nitrogens with one attached hydrogen (secondary N) is 3. The van der Waals surface area contributed by atoms with Crippen molar-refractivity contribution < 1.29 is 23.9 Å². The van der Waals surface area contributed by atoms with E-state index in [0.29, 0.717) is 32.4 Å². The molecule has 3 N–H and O–H groups in total. The Morgan fingerprint density at radius 1 is 1.04 bits per heavy atom. The Balaban J connectivity index is 2.16. The summed E-state index contributed by atoms with van der Waals surface area (Å²) in [6.45, 7) is 8.21. The van der Waals surface area contributed by atoms with Crippen LogP contribution in [-0.4, -0.2) is 55.6 Å². The number of esters is 1. The van der Waals surface area contributed by atoms with E-state index in [1.165, 1.54) is 7.11 Å². The maximum atomic E-state index is 11.8. The Hall–Kier alpha value is -2.39. The monoisotopic (exact) mass is 399 g/mol. The van der Waals surface area contributed by atoms with Crippen LogP contribution in [0.1, 0.15) is 59.8 Å². The van der Waals surface area contributed by atoms with Crippen molar-refractivity contribution in [3.05, 3.63) is 0 Å². The van der Waals surface area contributed by atoms with Gasteiger partial charge in [-0.25, -0.2) is 14.4 Å². The van der Waals surface area contributed by atoms with E-state index >= 15 is 0 Å². The molecule has 0 spiro atoms. The molecule has 160 valence electrons. The predicted molar refractivity (Wildman–Crippen MR) is 103 cm³/mol. The SMILES string of the molecule is COC(=O)[C@H](CCCCNC(=O)NCCCC1(C)N=N1)NC(=O)OC(C)(C)C. The average Bonchev–Trinajstić information content (AvgIpc) is 3.32. The van der Waals surface area contributed by atoms with E-state index in [0.717, 1.165) is 12.8 Å². The third kappa shape index (κ3) is 10.7. The molecule has 1 rings (SSSR count). The van der Waals surface area contributed by atoms with Gasteiger partial charge in [0.05, 0.1) is 7.11 Å². The van der Waals surface area contributed by atoms with Gasteiger partial charge in [-0.15, -0.1) is 0 Å². The van der Waals surface area contributed by atoms with Gasteiger partial charge in [0.1, 0.15) is 11.6 Å². The molecule has 0 aromatic heterocycles. The summed E-state index contributed by atoms with van der Waals surface area (Å²) in [5.74, 6) is -0.528. The summed E-state index contributed by atoms with van der Waals surface area (Å²) in [4.78, 5) is 35.4. The Morgan fingerprint density at radius 3 is 2.18 bits per heavy atom. The van der Waals surface area contributed by atoms with Crippen LogP contribution in [0, 0.1) is 0 Å².